The van der Waals surface area contributed by atoms with Crippen LogP contribution in [0.5, 0.6) is 11.5 Å². The van der Waals surface area contributed by atoms with E-state index in [0.717, 1.165) is 17.3 Å². The Morgan fingerprint density at radius 1 is 1.13 bits per heavy atom. The molecular weight excluding hydrogens is 810 g/mol. The molecule has 11 nitrogen and oxygen atoms in total. The Morgan fingerprint density at radius 2 is 1.85 bits per heavy atom. The molecule has 2 aromatic heterocycles. The quantitative estimate of drug-likeness (QED) is 0.0732. The molecule has 0 radical (unpaired) electrons. The second-order valence-corrected chi connectivity index (χ2v) is 20.9. The third kappa shape index (κ3) is 9.51. The molecule has 322 valence electrons. The fraction of sp³-hybridized carbons (Fsp3) is 0.489. The number of hydrogen-bond acceptors (Lipinski definition) is 10. The SMILES string of the molecule is C=C[C@@H]1C[C@]1(CC(=O)[C@@H]1C[C@@H](Oc2cc(-c3csc(NC(C)C)n3)nc3cc(OC)ccc23)CN1C(=O)[C@@H](CC(=O)CCC)C(C)(C)C)P(=O)(O)Cc1c(F)cccc1F. The first-order chi connectivity index (χ1) is 28.3. The number of methoxy groups -OCH3 is 1. The van der Waals surface area contributed by atoms with Crippen LogP contribution < -0.4 is 14.8 Å². The normalized spacial score (nSPS) is 21.7. The van der Waals surface area contributed by atoms with Gasteiger partial charge >= 0.3 is 0 Å². The van der Waals surface area contributed by atoms with Crippen LogP contribution in [-0.4, -0.2) is 74.2 Å². The van der Waals surface area contributed by atoms with E-state index >= 15 is 0 Å². The molecule has 6 atom stereocenters. The van der Waals surface area contributed by atoms with Crippen LogP contribution in [0.1, 0.15) is 85.6 Å². The molecule has 2 N–H and O–H groups in total. The number of likely N-dealkylation sites (tertiary alicyclic amines) is 1. The van der Waals surface area contributed by atoms with Crippen molar-refractivity contribution in [1.29, 1.82) is 0 Å². The second-order valence-electron chi connectivity index (χ2n) is 17.5. The number of allylic oxidation sites excluding steroid dienone is 1. The van der Waals surface area contributed by atoms with E-state index in [1.54, 1.807) is 25.3 Å². The monoisotopic (exact) mass is 864 g/mol. The summed E-state index contributed by atoms with van der Waals surface area (Å²) in [6, 6.07) is 9.49. The van der Waals surface area contributed by atoms with Gasteiger partial charge in [-0.3, -0.25) is 18.9 Å². The van der Waals surface area contributed by atoms with Gasteiger partial charge in [0.2, 0.25) is 13.3 Å². The number of ketones is 2. The van der Waals surface area contributed by atoms with Crippen molar-refractivity contribution in [2.45, 2.75) is 110 Å². The Hall–Kier alpha value is -4.52. The molecular formula is C45H55F2N4O7PS. The van der Waals surface area contributed by atoms with Gasteiger partial charge in [-0.1, -0.05) is 39.8 Å². The Balaban J connectivity index is 1.37. The topological polar surface area (TPSA) is 148 Å². The minimum Gasteiger partial charge on any atom is -0.497 e. The number of aromatic nitrogens is 2. The molecule has 2 aliphatic rings. The summed E-state index contributed by atoms with van der Waals surface area (Å²) in [6.07, 6.45) is 0.633. The van der Waals surface area contributed by atoms with Gasteiger partial charge in [-0.05, 0) is 62.3 Å². The molecule has 0 spiro atoms. The predicted molar refractivity (Wildman–Crippen MR) is 231 cm³/mol. The number of pyridine rings is 1. The van der Waals surface area contributed by atoms with E-state index in [1.807, 2.05) is 53.0 Å². The fourth-order valence-electron chi connectivity index (χ4n) is 8.25. The van der Waals surface area contributed by atoms with Gasteiger partial charge in [0.15, 0.2) is 10.9 Å². The number of nitrogens with one attached hydrogen (secondary N) is 1. The molecule has 0 bridgehead atoms. The van der Waals surface area contributed by atoms with Crippen molar-refractivity contribution in [2.75, 3.05) is 19.0 Å². The molecule has 1 aliphatic heterocycles. The van der Waals surface area contributed by atoms with Crippen LogP contribution >= 0.6 is 18.7 Å². The molecule has 1 saturated carbocycles. The second kappa shape index (κ2) is 17.8. The van der Waals surface area contributed by atoms with Crippen molar-refractivity contribution in [1.82, 2.24) is 14.9 Å². The van der Waals surface area contributed by atoms with Gasteiger partial charge in [0.1, 0.15) is 40.7 Å². The Bertz CT molecular complexity index is 2310. The zero-order valence-corrected chi connectivity index (χ0v) is 37.0. The van der Waals surface area contributed by atoms with Crippen LogP contribution in [0.3, 0.4) is 0 Å². The van der Waals surface area contributed by atoms with Crippen LogP contribution in [0, 0.1) is 28.9 Å². The number of carbonyl (C=O) groups excluding carboxylic acids is 3. The van der Waals surface area contributed by atoms with Gasteiger partial charge in [0, 0.05) is 66.1 Å². The third-order valence-corrected chi connectivity index (χ3v) is 15.3. The number of carbonyl (C=O) groups is 3. The molecule has 1 unspecified atom stereocenters. The smallest absolute Gasteiger partial charge is 0.227 e. The Kier molecular flexibility index (Phi) is 13.4. The number of amides is 1. The summed E-state index contributed by atoms with van der Waals surface area (Å²) in [5.41, 5.74) is 0.553. The van der Waals surface area contributed by atoms with Crippen molar-refractivity contribution in [3.8, 4) is 22.9 Å². The van der Waals surface area contributed by atoms with Crippen LogP contribution in [0.4, 0.5) is 13.9 Å². The van der Waals surface area contributed by atoms with Crippen molar-refractivity contribution < 1.29 is 42.1 Å². The van der Waals surface area contributed by atoms with E-state index in [0.29, 0.717) is 46.6 Å². The maximum absolute atomic E-state index is 14.8. The minimum atomic E-state index is -4.47. The summed E-state index contributed by atoms with van der Waals surface area (Å²) in [5.74, 6) is -3.15. The maximum atomic E-state index is 14.8. The van der Waals surface area contributed by atoms with Gasteiger partial charge in [0.05, 0.1) is 42.2 Å². The highest BCUT2D eigenvalue weighted by Crippen LogP contribution is 2.74. The number of thiazole rings is 1. The average Bonchev–Trinajstić information content (AvgIpc) is 3.46. The van der Waals surface area contributed by atoms with Crippen molar-refractivity contribution >= 4 is 52.2 Å². The van der Waals surface area contributed by atoms with E-state index < -0.39 is 77.5 Å². The lowest BCUT2D eigenvalue weighted by Crippen LogP contribution is -2.48. The van der Waals surface area contributed by atoms with E-state index in [9.17, 15) is 32.6 Å². The molecule has 1 aliphatic carbocycles. The predicted octanol–water partition coefficient (Wildman–Crippen LogP) is 9.61. The van der Waals surface area contributed by atoms with E-state index in [2.05, 4.69) is 11.9 Å². The number of fused-ring (bicyclic) bond motifs is 1. The number of ether oxygens (including phenoxy) is 2. The number of benzene rings is 2. The van der Waals surface area contributed by atoms with Gasteiger partial charge in [-0.2, -0.15) is 0 Å². The Labute approximate surface area is 354 Å². The zero-order chi connectivity index (χ0) is 43.7. The molecule has 1 amide bonds. The van der Waals surface area contributed by atoms with Crippen LogP contribution in [-0.2, 0) is 25.1 Å². The van der Waals surface area contributed by atoms with E-state index in [1.165, 1.54) is 28.4 Å². The van der Waals surface area contributed by atoms with E-state index in [-0.39, 0.29) is 43.5 Å². The fourth-order valence-corrected chi connectivity index (χ4v) is 11.7. The number of anilines is 1. The average molecular weight is 865 g/mol. The zero-order valence-electron chi connectivity index (χ0n) is 35.3. The lowest BCUT2D eigenvalue weighted by atomic mass is 9.76. The number of rotatable bonds is 18. The number of hydrogen-bond donors (Lipinski definition) is 2. The highest BCUT2D eigenvalue weighted by Gasteiger charge is 2.65. The molecule has 2 aromatic carbocycles. The molecule has 15 heteroatoms. The molecule has 4 aromatic rings. The first-order valence-electron chi connectivity index (χ1n) is 20.4. The first kappa shape index (κ1) is 45.0. The van der Waals surface area contributed by atoms with Crippen LogP contribution in [0.2, 0.25) is 0 Å². The molecule has 60 heavy (non-hydrogen) atoms. The van der Waals surface area contributed by atoms with Crippen LogP contribution in [0.15, 0.2) is 60.5 Å². The molecule has 2 fully saturated rings. The third-order valence-electron chi connectivity index (χ3n) is 11.7. The van der Waals surface area contributed by atoms with Gasteiger partial charge in [-0.25, -0.2) is 18.7 Å². The van der Waals surface area contributed by atoms with Gasteiger partial charge in [0.25, 0.3) is 0 Å². The maximum Gasteiger partial charge on any atom is 0.227 e. The standard InChI is InChI=1S/C45H55F2N4O7PS/c1-9-12-28(52)17-33(44(5,6)7)42(54)51-23-30(19-39(51)40(53)22-45(21-27(45)10-2)59(55,56)24-32-34(46)13-11-14-35(32)47)58-41-20-37(38-25-60-43(50-38)48-26(3)4)49-36-18-29(57-8)15-16-31(36)41/h10-11,13-16,18,20,25-27,30,33,39H,2,9,12,17,19,21-24H2,1,3-8H3,(H,48,50)(H,55,56)/t27-,30-,33-,39+,45-/m1/s1. The summed E-state index contributed by atoms with van der Waals surface area (Å²) in [5, 5.41) is 5.07. The summed E-state index contributed by atoms with van der Waals surface area (Å²) in [4.78, 5) is 65.3. The number of Topliss-reactive ketones (excluding diaryl/α,β-unsaturated/α-hetero) is 2. The highest BCUT2D eigenvalue weighted by molar-refractivity contribution is 7.59. The van der Waals surface area contributed by atoms with Crippen molar-refractivity contribution in [3.05, 3.63) is 77.7 Å². The molecule has 3 heterocycles. The molecule has 6 rings (SSSR count). The van der Waals surface area contributed by atoms with E-state index in [4.69, 9.17) is 19.4 Å². The number of nitrogens with zero attached hydrogens (tertiary/aromatic N) is 3. The number of halogens is 2. The summed E-state index contributed by atoms with van der Waals surface area (Å²) in [7, 11) is -2.91. The largest absolute Gasteiger partial charge is 0.497 e. The van der Waals surface area contributed by atoms with Crippen LogP contribution in [0.25, 0.3) is 22.3 Å². The van der Waals surface area contributed by atoms with Crippen molar-refractivity contribution in [3.63, 3.8) is 0 Å². The van der Waals surface area contributed by atoms with Crippen molar-refractivity contribution in [2.24, 2.45) is 17.3 Å². The minimum absolute atomic E-state index is 0.00659. The van der Waals surface area contributed by atoms with Gasteiger partial charge in [-0.15, -0.1) is 17.9 Å². The first-order valence-corrected chi connectivity index (χ1v) is 23.1. The lowest BCUT2D eigenvalue weighted by Gasteiger charge is -2.35. The highest BCUT2D eigenvalue weighted by atomic mass is 32.1. The summed E-state index contributed by atoms with van der Waals surface area (Å²) in [6.45, 7) is 15.4. The van der Waals surface area contributed by atoms with Gasteiger partial charge < -0.3 is 24.6 Å². The Morgan fingerprint density at radius 3 is 2.47 bits per heavy atom. The lowest BCUT2D eigenvalue weighted by molar-refractivity contribution is -0.146. The summed E-state index contributed by atoms with van der Waals surface area (Å²) < 4.78 is 56.1. The summed E-state index contributed by atoms with van der Waals surface area (Å²) >= 11 is 1.44. The molecule has 1 saturated heterocycles.